The van der Waals surface area contributed by atoms with Gasteiger partial charge in [-0.3, -0.25) is 4.79 Å². The highest BCUT2D eigenvalue weighted by Gasteiger charge is 2.19. The van der Waals surface area contributed by atoms with E-state index in [0.717, 1.165) is 34.5 Å². The molecule has 0 saturated heterocycles. The van der Waals surface area contributed by atoms with Crippen LogP contribution < -0.4 is 10.5 Å². The molecule has 1 atom stereocenters. The third-order valence-corrected chi connectivity index (χ3v) is 3.72. The summed E-state index contributed by atoms with van der Waals surface area (Å²) in [6.07, 6.45) is 0.317. The number of benzene rings is 1. The molecule has 0 radical (unpaired) electrons. The van der Waals surface area contributed by atoms with Crippen molar-refractivity contribution in [1.82, 2.24) is 4.57 Å². The van der Waals surface area contributed by atoms with Crippen LogP contribution >= 0.6 is 0 Å². The van der Waals surface area contributed by atoms with Gasteiger partial charge < -0.3 is 20.1 Å². The molecular formula is C15H20N2O3. The maximum absolute atomic E-state index is 11.0. The molecule has 5 nitrogen and oxygen atoms in total. The molecule has 1 aromatic heterocycles. The number of carbonyl (C=O) groups is 1. The predicted octanol–water partition coefficient (Wildman–Crippen LogP) is 1.93. The van der Waals surface area contributed by atoms with Gasteiger partial charge in [-0.1, -0.05) is 0 Å². The first kappa shape index (κ1) is 14.4. The number of fused-ring (bicyclic) bond motifs is 1. The van der Waals surface area contributed by atoms with Gasteiger partial charge >= 0.3 is 5.97 Å². The molecule has 0 fully saturated rings. The topological polar surface area (TPSA) is 77.5 Å². The summed E-state index contributed by atoms with van der Waals surface area (Å²) in [7, 11) is 1.62. The van der Waals surface area contributed by atoms with Crippen molar-refractivity contribution in [2.75, 3.05) is 7.11 Å². The molecule has 1 aromatic carbocycles. The summed E-state index contributed by atoms with van der Waals surface area (Å²) in [6, 6.07) is 4.96. The van der Waals surface area contributed by atoms with Crippen LogP contribution in [0.15, 0.2) is 18.2 Å². The summed E-state index contributed by atoms with van der Waals surface area (Å²) < 4.78 is 7.42. The minimum Gasteiger partial charge on any atom is -0.497 e. The van der Waals surface area contributed by atoms with Crippen molar-refractivity contribution in [3.05, 3.63) is 29.5 Å². The second kappa shape index (κ2) is 5.54. The second-order valence-corrected chi connectivity index (χ2v) is 4.84. The van der Waals surface area contributed by atoms with Gasteiger partial charge in [0.2, 0.25) is 0 Å². The number of hydrogen-bond acceptors (Lipinski definition) is 3. The number of nitrogens with two attached hydrogens (primary N) is 1. The van der Waals surface area contributed by atoms with Crippen molar-refractivity contribution in [3.63, 3.8) is 0 Å². The minimum atomic E-state index is -0.982. The Hall–Kier alpha value is -2.01. The average molecular weight is 276 g/mol. The molecule has 1 unspecified atom stereocenters. The quantitative estimate of drug-likeness (QED) is 0.874. The maximum Gasteiger partial charge on any atom is 0.320 e. The molecule has 0 amide bonds. The zero-order chi connectivity index (χ0) is 14.9. The molecule has 5 heteroatoms. The smallest absolute Gasteiger partial charge is 0.320 e. The number of carboxylic acids is 1. The number of methoxy groups -OCH3 is 1. The van der Waals surface area contributed by atoms with E-state index >= 15 is 0 Å². The van der Waals surface area contributed by atoms with Crippen molar-refractivity contribution in [2.45, 2.75) is 32.9 Å². The summed E-state index contributed by atoms with van der Waals surface area (Å²) in [5.41, 5.74) is 8.82. The predicted molar refractivity (Wildman–Crippen MR) is 78.2 cm³/mol. The monoisotopic (exact) mass is 276 g/mol. The van der Waals surface area contributed by atoms with Gasteiger partial charge in [-0.05, 0) is 37.6 Å². The molecule has 0 bridgehead atoms. The average Bonchev–Trinajstić information content (AvgIpc) is 2.70. The van der Waals surface area contributed by atoms with Crippen LogP contribution in [0, 0.1) is 6.92 Å². The van der Waals surface area contributed by atoms with Crippen molar-refractivity contribution in [1.29, 1.82) is 0 Å². The second-order valence-electron chi connectivity index (χ2n) is 4.84. The Bertz CT molecular complexity index is 646. The van der Waals surface area contributed by atoms with E-state index in [4.69, 9.17) is 15.6 Å². The van der Waals surface area contributed by atoms with Gasteiger partial charge in [0.15, 0.2) is 0 Å². The van der Waals surface area contributed by atoms with Gasteiger partial charge in [0, 0.05) is 29.6 Å². The van der Waals surface area contributed by atoms with Crippen molar-refractivity contribution in [2.24, 2.45) is 5.73 Å². The number of carboxylic acid groups (broad SMARTS) is 1. The first-order valence-electron chi connectivity index (χ1n) is 6.63. The number of rotatable bonds is 5. The van der Waals surface area contributed by atoms with Gasteiger partial charge in [0.25, 0.3) is 0 Å². The normalized spacial score (nSPS) is 12.6. The summed E-state index contributed by atoms with van der Waals surface area (Å²) in [6.45, 7) is 4.90. The first-order chi connectivity index (χ1) is 9.49. The molecule has 0 saturated carbocycles. The summed E-state index contributed by atoms with van der Waals surface area (Å²) in [5.74, 6) is -0.222. The van der Waals surface area contributed by atoms with Crippen LogP contribution in [0.4, 0.5) is 0 Å². The SMILES string of the molecule is CCn1c(C)c(CC(N)C(=O)O)c2cc(OC)ccc21. The molecule has 2 rings (SSSR count). The van der Waals surface area contributed by atoms with Crippen LogP contribution in [0.25, 0.3) is 10.9 Å². The zero-order valence-corrected chi connectivity index (χ0v) is 12.0. The Labute approximate surface area is 117 Å². The van der Waals surface area contributed by atoms with E-state index in [1.165, 1.54) is 0 Å². The fraction of sp³-hybridized carbons (Fsp3) is 0.400. The van der Waals surface area contributed by atoms with Crippen LogP contribution in [0.1, 0.15) is 18.2 Å². The van der Waals surface area contributed by atoms with Crippen LogP contribution in [0.2, 0.25) is 0 Å². The molecule has 0 aliphatic heterocycles. The highest BCUT2D eigenvalue weighted by atomic mass is 16.5. The van der Waals surface area contributed by atoms with E-state index in [1.807, 2.05) is 25.1 Å². The number of aryl methyl sites for hydroxylation is 1. The van der Waals surface area contributed by atoms with E-state index < -0.39 is 12.0 Å². The Morgan fingerprint density at radius 1 is 1.50 bits per heavy atom. The number of aromatic nitrogens is 1. The van der Waals surface area contributed by atoms with Gasteiger partial charge in [0.05, 0.1) is 7.11 Å². The Morgan fingerprint density at radius 2 is 2.20 bits per heavy atom. The van der Waals surface area contributed by atoms with E-state index in [-0.39, 0.29) is 0 Å². The van der Waals surface area contributed by atoms with Gasteiger partial charge in [-0.25, -0.2) is 0 Å². The molecule has 108 valence electrons. The van der Waals surface area contributed by atoms with Crippen molar-refractivity contribution < 1.29 is 14.6 Å². The third kappa shape index (κ3) is 2.36. The number of aliphatic carboxylic acids is 1. The maximum atomic E-state index is 11.0. The lowest BCUT2D eigenvalue weighted by Crippen LogP contribution is -2.32. The van der Waals surface area contributed by atoms with E-state index in [0.29, 0.717) is 6.42 Å². The number of nitrogens with zero attached hydrogens (tertiary/aromatic N) is 1. The fourth-order valence-corrected chi connectivity index (χ4v) is 2.63. The van der Waals surface area contributed by atoms with Crippen LogP contribution in [0.5, 0.6) is 5.75 Å². The van der Waals surface area contributed by atoms with Gasteiger partial charge in [-0.2, -0.15) is 0 Å². The van der Waals surface area contributed by atoms with E-state index in [2.05, 4.69) is 11.5 Å². The number of ether oxygens (including phenoxy) is 1. The molecule has 3 N–H and O–H groups in total. The summed E-state index contributed by atoms with van der Waals surface area (Å²) in [5, 5.41) is 10.0. The molecule has 0 aliphatic carbocycles. The highest BCUT2D eigenvalue weighted by molar-refractivity contribution is 5.88. The standard InChI is InChI=1S/C15H20N2O3/c1-4-17-9(2)11(8-13(16)15(18)19)12-7-10(20-3)5-6-14(12)17/h5-7,13H,4,8,16H2,1-3H3,(H,18,19). The molecule has 0 aliphatic rings. The molecule has 2 aromatic rings. The number of hydrogen-bond donors (Lipinski definition) is 2. The fourth-order valence-electron chi connectivity index (χ4n) is 2.63. The molecule has 1 heterocycles. The largest absolute Gasteiger partial charge is 0.497 e. The highest BCUT2D eigenvalue weighted by Crippen LogP contribution is 2.30. The Morgan fingerprint density at radius 3 is 2.75 bits per heavy atom. The van der Waals surface area contributed by atoms with Crippen LogP contribution in [-0.4, -0.2) is 28.8 Å². The third-order valence-electron chi connectivity index (χ3n) is 3.72. The van der Waals surface area contributed by atoms with Crippen LogP contribution in [-0.2, 0) is 17.8 Å². The van der Waals surface area contributed by atoms with Gasteiger partial charge in [-0.15, -0.1) is 0 Å². The molecule has 20 heavy (non-hydrogen) atoms. The van der Waals surface area contributed by atoms with Crippen molar-refractivity contribution in [3.8, 4) is 5.75 Å². The Balaban J connectivity index is 2.61. The lowest BCUT2D eigenvalue weighted by Gasteiger charge is -2.08. The zero-order valence-electron chi connectivity index (χ0n) is 12.0. The molecule has 0 spiro atoms. The van der Waals surface area contributed by atoms with E-state index in [9.17, 15) is 4.79 Å². The lowest BCUT2D eigenvalue weighted by molar-refractivity contribution is -0.138. The first-order valence-corrected chi connectivity index (χ1v) is 6.63. The van der Waals surface area contributed by atoms with Gasteiger partial charge in [0.1, 0.15) is 11.8 Å². The van der Waals surface area contributed by atoms with E-state index in [1.54, 1.807) is 7.11 Å². The minimum absolute atomic E-state index is 0.317. The van der Waals surface area contributed by atoms with Crippen LogP contribution in [0.3, 0.4) is 0 Å². The summed E-state index contributed by atoms with van der Waals surface area (Å²) >= 11 is 0. The Kier molecular flexibility index (Phi) is 3.99. The van der Waals surface area contributed by atoms with Crippen molar-refractivity contribution >= 4 is 16.9 Å². The summed E-state index contributed by atoms with van der Waals surface area (Å²) in [4.78, 5) is 11.0. The molecular weight excluding hydrogens is 256 g/mol. The lowest BCUT2D eigenvalue weighted by atomic mass is 10.0.